The van der Waals surface area contributed by atoms with Crippen molar-refractivity contribution in [2.24, 2.45) is 0 Å². The van der Waals surface area contributed by atoms with Gasteiger partial charge in [-0.3, -0.25) is 4.68 Å². The number of ether oxygens (including phenoxy) is 3. The molecule has 42 heavy (non-hydrogen) atoms. The van der Waals surface area contributed by atoms with Gasteiger partial charge in [0, 0.05) is 11.8 Å². The average Bonchev–Trinajstić information content (AvgIpc) is 3.28. The molecule has 3 aromatic carbocycles. The standard InChI is InChI=1S/C34H41N3O5/c1-32(2,3)41-30(38)34(7,36-31(39)42-33(4,5)6)20-25-14-11-15-28(19-25)40-23-26-16-17-29-27(18-26)21-35-37(29)22-24-12-9-8-10-13-24/h8-19,21H,20,22-23H2,1-7H3,(H,36,39). The smallest absolute Gasteiger partial charge is 0.408 e. The Morgan fingerprint density at radius 3 is 2.17 bits per heavy atom. The highest BCUT2D eigenvalue weighted by molar-refractivity contribution is 5.86. The molecule has 1 atom stereocenters. The number of nitrogens with zero attached hydrogens (tertiary/aromatic N) is 2. The van der Waals surface area contributed by atoms with E-state index in [0.29, 0.717) is 18.9 Å². The molecule has 0 fully saturated rings. The van der Waals surface area contributed by atoms with Crippen molar-refractivity contribution in [3.05, 3.63) is 95.7 Å². The number of esters is 1. The molecule has 0 aliphatic heterocycles. The Kier molecular flexibility index (Phi) is 8.95. The quantitative estimate of drug-likeness (QED) is 0.221. The Balaban J connectivity index is 1.46. The van der Waals surface area contributed by atoms with Crippen LogP contribution in [0.15, 0.2) is 79.0 Å². The fraction of sp³-hybridized carbons (Fsp3) is 0.382. The SMILES string of the molecule is CC(C)(C)OC(=O)NC(C)(Cc1cccc(OCc2ccc3c(cnn3Cc3ccccc3)c2)c1)C(=O)OC(C)(C)C. The number of amides is 1. The second-order valence-electron chi connectivity index (χ2n) is 12.8. The number of fused-ring (bicyclic) bond motifs is 1. The molecule has 0 aliphatic rings. The summed E-state index contributed by atoms with van der Waals surface area (Å²) in [5, 5.41) is 8.36. The first-order valence-corrected chi connectivity index (χ1v) is 14.1. The molecule has 222 valence electrons. The van der Waals surface area contributed by atoms with Crippen LogP contribution in [0, 0.1) is 0 Å². The first kappa shape index (κ1) is 30.6. The highest BCUT2D eigenvalue weighted by atomic mass is 16.6. The molecule has 1 N–H and O–H groups in total. The first-order chi connectivity index (χ1) is 19.7. The number of hydrogen-bond acceptors (Lipinski definition) is 6. The summed E-state index contributed by atoms with van der Waals surface area (Å²) in [6.07, 6.45) is 1.37. The molecular formula is C34H41N3O5. The zero-order chi connectivity index (χ0) is 30.5. The maximum absolute atomic E-state index is 13.3. The van der Waals surface area contributed by atoms with Crippen molar-refractivity contribution in [2.75, 3.05) is 0 Å². The summed E-state index contributed by atoms with van der Waals surface area (Å²) in [6, 6.07) is 23.9. The number of carbonyl (C=O) groups is 2. The summed E-state index contributed by atoms with van der Waals surface area (Å²) < 4.78 is 19.2. The Hall–Kier alpha value is -4.33. The lowest BCUT2D eigenvalue weighted by Gasteiger charge is -2.33. The van der Waals surface area contributed by atoms with Crippen LogP contribution >= 0.6 is 0 Å². The van der Waals surface area contributed by atoms with Crippen LogP contribution in [0.25, 0.3) is 10.9 Å². The minimum atomic E-state index is -1.36. The Morgan fingerprint density at radius 1 is 0.786 bits per heavy atom. The normalized spacial score (nSPS) is 13.3. The molecule has 0 saturated heterocycles. The average molecular weight is 572 g/mol. The number of carbonyl (C=O) groups excluding carboxylic acids is 2. The number of hydrogen-bond donors (Lipinski definition) is 1. The maximum Gasteiger partial charge on any atom is 0.408 e. The molecule has 0 aliphatic carbocycles. The third kappa shape index (κ3) is 8.59. The van der Waals surface area contributed by atoms with Crippen molar-refractivity contribution in [3.8, 4) is 5.75 Å². The number of aromatic nitrogens is 2. The van der Waals surface area contributed by atoms with Gasteiger partial charge in [-0.25, -0.2) is 9.59 Å². The number of alkyl carbamates (subject to hydrolysis) is 1. The Morgan fingerprint density at radius 2 is 1.48 bits per heavy atom. The third-order valence-corrected chi connectivity index (χ3v) is 6.37. The van der Waals surface area contributed by atoms with E-state index in [1.165, 1.54) is 5.56 Å². The lowest BCUT2D eigenvalue weighted by atomic mass is 9.92. The summed E-state index contributed by atoms with van der Waals surface area (Å²) in [5.41, 5.74) is 1.27. The second kappa shape index (κ2) is 12.3. The highest BCUT2D eigenvalue weighted by Gasteiger charge is 2.40. The van der Waals surface area contributed by atoms with Crippen LogP contribution in [0.4, 0.5) is 4.79 Å². The van der Waals surface area contributed by atoms with Gasteiger partial charge in [0.05, 0.1) is 18.3 Å². The molecular weight excluding hydrogens is 530 g/mol. The Bertz CT molecular complexity index is 1530. The predicted molar refractivity (Wildman–Crippen MR) is 163 cm³/mol. The van der Waals surface area contributed by atoms with Crippen molar-refractivity contribution < 1.29 is 23.8 Å². The van der Waals surface area contributed by atoms with Gasteiger partial charge < -0.3 is 19.5 Å². The summed E-state index contributed by atoms with van der Waals surface area (Å²) in [7, 11) is 0. The van der Waals surface area contributed by atoms with E-state index in [-0.39, 0.29) is 6.42 Å². The van der Waals surface area contributed by atoms with E-state index in [9.17, 15) is 9.59 Å². The zero-order valence-electron chi connectivity index (χ0n) is 25.6. The van der Waals surface area contributed by atoms with Gasteiger partial charge in [0.15, 0.2) is 0 Å². The molecule has 4 rings (SSSR count). The van der Waals surface area contributed by atoms with Gasteiger partial charge in [-0.2, -0.15) is 5.10 Å². The van der Waals surface area contributed by atoms with Crippen molar-refractivity contribution in [1.29, 1.82) is 0 Å². The summed E-state index contributed by atoms with van der Waals surface area (Å²) in [5.74, 6) is 0.101. The van der Waals surface area contributed by atoms with Gasteiger partial charge in [-0.15, -0.1) is 0 Å². The largest absolute Gasteiger partial charge is 0.489 e. The second-order valence-corrected chi connectivity index (χ2v) is 12.8. The van der Waals surface area contributed by atoms with E-state index in [0.717, 1.165) is 22.0 Å². The van der Waals surface area contributed by atoms with Crippen LogP contribution in [0.1, 0.15) is 65.2 Å². The molecule has 0 bridgehead atoms. The molecule has 1 amide bonds. The van der Waals surface area contributed by atoms with Crippen LogP contribution in [0.5, 0.6) is 5.75 Å². The minimum absolute atomic E-state index is 0.185. The molecule has 0 radical (unpaired) electrons. The molecule has 4 aromatic rings. The van der Waals surface area contributed by atoms with Gasteiger partial charge in [0.25, 0.3) is 0 Å². The number of nitrogens with one attached hydrogen (secondary N) is 1. The van der Waals surface area contributed by atoms with Crippen molar-refractivity contribution in [1.82, 2.24) is 15.1 Å². The van der Waals surface area contributed by atoms with E-state index >= 15 is 0 Å². The molecule has 1 unspecified atom stereocenters. The van der Waals surface area contributed by atoms with Crippen molar-refractivity contribution in [2.45, 2.75) is 84.8 Å². The van der Waals surface area contributed by atoms with Gasteiger partial charge in [0.2, 0.25) is 0 Å². The summed E-state index contributed by atoms with van der Waals surface area (Å²) >= 11 is 0. The fourth-order valence-electron chi connectivity index (χ4n) is 4.52. The van der Waals surface area contributed by atoms with Crippen LogP contribution in [0.2, 0.25) is 0 Å². The lowest BCUT2D eigenvalue weighted by molar-refractivity contribution is -0.162. The highest BCUT2D eigenvalue weighted by Crippen LogP contribution is 2.24. The first-order valence-electron chi connectivity index (χ1n) is 14.1. The van der Waals surface area contributed by atoms with Gasteiger partial charge in [-0.1, -0.05) is 48.5 Å². The molecule has 1 aromatic heterocycles. The van der Waals surface area contributed by atoms with Crippen LogP contribution in [0.3, 0.4) is 0 Å². The molecule has 0 spiro atoms. The number of benzene rings is 3. The van der Waals surface area contributed by atoms with Crippen LogP contribution in [-0.4, -0.2) is 38.6 Å². The van der Waals surface area contributed by atoms with Gasteiger partial charge in [-0.05, 0) is 89.4 Å². The van der Waals surface area contributed by atoms with E-state index in [1.807, 2.05) is 59.4 Å². The summed E-state index contributed by atoms with van der Waals surface area (Å²) in [6.45, 7) is 13.4. The molecule has 0 saturated carbocycles. The molecule has 8 nitrogen and oxygen atoms in total. The monoisotopic (exact) mass is 571 g/mol. The van der Waals surface area contributed by atoms with Crippen molar-refractivity contribution in [3.63, 3.8) is 0 Å². The predicted octanol–water partition coefficient (Wildman–Crippen LogP) is 6.83. The Labute approximate surface area is 248 Å². The number of rotatable bonds is 9. The molecule has 1 heterocycles. The van der Waals surface area contributed by atoms with E-state index in [2.05, 4.69) is 34.7 Å². The zero-order valence-corrected chi connectivity index (χ0v) is 25.6. The van der Waals surface area contributed by atoms with Gasteiger partial charge >= 0.3 is 12.1 Å². The molecule has 8 heteroatoms. The van der Waals surface area contributed by atoms with Crippen LogP contribution in [-0.2, 0) is 33.8 Å². The minimum Gasteiger partial charge on any atom is -0.489 e. The summed E-state index contributed by atoms with van der Waals surface area (Å²) in [4.78, 5) is 25.9. The third-order valence-electron chi connectivity index (χ3n) is 6.37. The maximum atomic E-state index is 13.3. The van der Waals surface area contributed by atoms with E-state index in [4.69, 9.17) is 14.2 Å². The topological polar surface area (TPSA) is 91.7 Å². The van der Waals surface area contributed by atoms with E-state index < -0.39 is 28.8 Å². The van der Waals surface area contributed by atoms with Crippen molar-refractivity contribution >= 4 is 23.0 Å². The van der Waals surface area contributed by atoms with Gasteiger partial charge in [0.1, 0.15) is 29.1 Å². The fourth-order valence-corrected chi connectivity index (χ4v) is 4.52. The van der Waals surface area contributed by atoms with E-state index in [1.54, 1.807) is 48.5 Å². The van der Waals surface area contributed by atoms with Crippen LogP contribution < -0.4 is 10.1 Å². The lowest BCUT2D eigenvalue weighted by Crippen LogP contribution is -2.56.